The Morgan fingerprint density at radius 1 is 1.53 bits per heavy atom. The van der Waals surface area contributed by atoms with E-state index in [1.807, 2.05) is 13.8 Å². The van der Waals surface area contributed by atoms with E-state index >= 15 is 0 Å². The normalized spacial score (nSPS) is 19.8. The fourth-order valence-electron chi connectivity index (χ4n) is 1.55. The summed E-state index contributed by atoms with van der Waals surface area (Å²) in [6, 6.07) is 0. The lowest BCUT2D eigenvalue weighted by Gasteiger charge is -2.16. The first-order chi connectivity index (χ1) is 7.99. The molecule has 1 heterocycles. The number of nitrogens with zero attached hydrogens (tertiary/aromatic N) is 1. The molecular formula is C11H20N2O4. The number of hydrogen-bond donors (Lipinski definition) is 2. The summed E-state index contributed by atoms with van der Waals surface area (Å²) in [5.41, 5.74) is 0. The maximum atomic E-state index is 11.6. The molecule has 0 aromatic carbocycles. The summed E-state index contributed by atoms with van der Waals surface area (Å²) in [6.45, 7) is 4.52. The van der Waals surface area contributed by atoms with Crippen LogP contribution in [-0.4, -0.2) is 60.3 Å². The number of hydrogen-bond acceptors (Lipinski definition) is 4. The molecular weight excluding hydrogens is 224 g/mol. The summed E-state index contributed by atoms with van der Waals surface area (Å²) >= 11 is 0. The van der Waals surface area contributed by atoms with Gasteiger partial charge in [-0.15, -0.1) is 0 Å². The number of ether oxygens (including phenoxy) is 1. The second kappa shape index (κ2) is 6.56. The van der Waals surface area contributed by atoms with Gasteiger partial charge in [0.25, 0.3) is 0 Å². The van der Waals surface area contributed by atoms with Crippen molar-refractivity contribution in [2.45, 2.75) is 32.5 Å². The van der Waals surface area contributed by atoms with E-state index in [2.05, 4.69) is 5.32 Å². The Morgan fingerprint density at radius 3 is 2.76 bits per heavy atom. The molecule has 1 aliphatic heterocycles. The minimum absolute atomic E-state index is 0.00909. The van der Waals surface area contributed by atoms with Crippen LogP contribution in [0.15, 0.2) is 0 Å². The SMILES string of the molecule is CC(C)OCC(=O)NCC(=O)N1CCC(O)C1. The van der Waals surface area contributed by atoms with Crippen molar-refractivity contribution in [2.75, 3.05) is 26.2 Å². The van der Waals surface area contributed by atoms with E-state index in [0.29, 0.717) is 19.5 Å². The molecule has 0 aromatic heterocycles. The zero-order valence-corrected chi connectivity index (χ0v) is 10.3. The van der Waals surface area contributed by atoms with Gasteiger partial charge in [-0.1, -0.05) is 0 Å². The molecule has 6 nitrogen and oxygen atoms in total. The summed E-state index contributed by atoms with van der Waals surface area (Å²) in [7, 11) is 0. The number of β-amino-alcohol motifs (C(OH)–C–C–N with tert-alkyl or cyclic N) is 1. The zero-order chi connectivity index (χ0) is 12.8. The van der Waals surface area contributed by atoms with Gasteiger partial charge in [-0.25, -0.2) is 0 Å². The quantitative estimate of drug-likeness (QED) is 0.658. The van der Waals surface area contributed by atoms with Gasteiger partial charge >= 0.3 is 0 Å². The average Bonchev–Trinajstić information content (AvgIpc) is 2.70. The standard InChI is InChI=1S/C11H20N2O4/c1-8(2)17-7-10(15)12-5-11(16)13-4-3-9(14)6-13/h8-9,14H,3-7H2,1-2H3,(H,12,15). The van der Waals surface area contributed by atoms with Crippen molar-refractivity contribution >= 4 is 11.8 Å². The first-order valence-electron chi connectivity index (χ1n) is 5.83. The van der Waals surface area contributed by atoms with Crippen molar-refractivity contribution in [3.63, 3.8) is 0 Å². The number of carbonyl (C=O) groups is 2. The second-order valence-corrected chi connectivity index (χ2v) is 4.42. The van der Waals surface area contributed by atoms with Gasteiger partial charge in [-0.2, -0.15) is 0 Å². The molecule has 0 radical (unpaired) electrons. The molecule has 0 spiro atoms. The Hall–Kier alpha value is -1.14. The number of amides is 2. The van der Waals surface area contributed by atoms with Gasteiger partial charge in [-0.05, 0) is 20.3 Å². The number of rotatable bonds is 5. The minimum atomic E-state index is -0.432. The van der Waals surface area contributed by atoms with Crippen LogP contribution in [0.4, 0.5) is 0 Å². The van der Waals surface area contributed by atoms with Crippen molar-refractivity contribution in [3.8, 4) is 0 Å². The van der Waals surface area contributed by atoms with Crippen LogP contribution in [0.25, 0.3) is 0 Å². The topological polar surface area (TPSA) is 78.9 Å². The maximum Gasteiger partial charge on any atom is 0.246 e. The molecule has 1 saturated heterocycles. The van der Waals surface area contributed by atoms with Crippen LogP contribution >= 0.6 is 0 Å². The number of nitrogens with one attached hydrogen (secondary N) is 1. The minimum Gasteiger partial charge on any atom is -0.391 e. The molecule has 2 N–H and O–H groups in total. The Labute approximate surface area is 101 Å². The van der Waals surface area contributed by atoms with Gasteiger partial charge in [0.15, 0.2) is 0 Å². The Morgan fingerprint density at radius 2 is 2.24 bits per heavy atom. The summed E-state index contributed by atoms with van der Waals surface area (Å²) in [6.07, 6.45) is 0.167. The highest BCUT2D eigenvalue weighted by molar-refractivity contribution is 5.85. The van der Waals surface area contributed by atoms with Gasteiger partial charge in [0.1, 0.15) is 6.61 Å². The van der Waals surface area contributed by atoms with E-state index in [-0.39, 0.29) is 31.1 Å². The third kappa shape index (κ3) is 5.14. The van der Waals surface area contributed by atoms with Crippen molar-refractivity contribution in [1.82, 2.24) is 10.2 Å². The van der Waals surface area contributed by atoms with Crippen molar-refractivity contribution in [1.29, 1.82) is 0 Å². The molecule has 98 valence electrons. The van der Waals surface area contributed by atoms with Crippen LogP contribution < -0.4 is 5.32 Å². The second-order valence-electron chi connectivity index (χ2n) is 4.42. The molecule has 0 aliphatic carbocycles. The predicted molar refractivity (Wildman–Crippen MR) is 61.3 cm³/mol. The average molecular weight is 244 g/mol. The maximum absolute atomic E-state index is 11.6. The number of aliphatic hydroxyl groups excluding tert-OH is 1. The number of aliphatic hydroxyl groups is 1. The summed E-state index contributed by atoms with van der Waals surface area (Å²) in [5, 5.41) is 11.8. The molecule has 2 amide bonds. The highest BCUT2D eigenvalue weighted by Gasteiger charge is 2.24. The van der Waals surface area contributed by atoms with E-state index in [1.54, 1.807) is 4.90 Å². The number of carbonyl (C=O) groups excluding carboxylic acids is 2. The Kier molecular flexibility index (Phi) is 5.37. The molecule has 0 saturated carbocycles. The van der Waals surface area contributed by atoms with Crippen LogP contribution in [0.1, 0.15) is 20.3 Å². The third-order valence-electron chi connectivity index (χ3n) is 2.50. The fourth-order valence-corrected chi connectivity index (χ4v) is 1.55. The van der Waals surface area contributed by atoms with Gasteiger partial charge in [0.2, 0.25) is 11.8 Å². The lowest BCUT2D eigenvalue weighted by molar-refractivity contribution is -0.134. The van der Waals surface area contributed by atoms with Crippen molar-refractivity contribution in [2.24, 2.45) is 0 Å². The molecule has 1 fully saturated rings. The lowest BCUT2D eigenvalue weighted by Crippen LogP contribution is -2.40. The number of likely N-dealkylation sites (tertiary alicyclic amines) is 1. The van der Waals surface area contributed by atoms with Crippen molar-refractivity contribution in [3.05, 3.63) is 0 Å². The van der Waals surface area contributed by atoms with Crippen LogP contribution in [-0.2, 0) is 14.3 Å². The largest absolute Gasteiger partial charge is 0.391 e. The Balaban J connectivity index is 2.17. The fraction of sp³-hybridized carbons (Fsp3) is 0.818. The van der Waals surface area contributed by atoms with E-state index < -0.39 is 6.10 Å². The molecule has 1 unspecified atom stereocenters. The van der Waals surface area contributed by atoms with Gasteiger partial charge in [0.05, 0.1) is 18.8 Å². The van der Waals surface area contributed by atoms with Crippen LogP contribution in [0.5, 0.6) is 0 Å². The highest BCUT2D eigenvalue weighted by atomic mass is 16.5. The smallest absolute Gasteiger partial charge is 0.246 e. The molecule has 1 aliphatic rings. The summed E-state index contributed by atoms with van der Waals surface area (Å²) < 4.78 is 5.10. The third-order valence-corrected chi connectivity index (χ3v) is 2.50. The van der Waals surface area contributed by atoms with Gasteiger partial charge in [-0.3, -0.25) is 9.59 Å². The van der Waals surface area contributed by atoms with Crippen LogP contribution in [0, 0.1) is 0 Å². The first-order valence-corrected chi connectivity index (χ1v) is 5.83. The molecule has 0 aromatic rings. The van der Waals surface area contributed by atoms with E-state index in [9.17, 15) is 14.7 Å². The van der Waals surface area contributed by atoms with E-state index in [1.165, 1.54) is 0 Å². The summed E-state index contributed by atoms with van der Waals surface area (Å²) in [4.78, 5) is 24.4. The first kappa shape index (κ1) is 13.9. The van der Waals surface area contributed by atoms with Crippen LogP contribution in [0.2, 0.25) is 0 Å². The van der Waals surface area contributed by atoms with E-state index in [0.717, 1.165) is 0 Å². The van der Waals surface area contributed by atoms with Crippen molar-refractivity contribution < 1.29 is 19.4 Å². The highest BCUT2D eigenvalue weighted by Crippen LogP contribution is 2.07. The lowest BCUT2D eigenvalue weighted by atomic mass is 10.3. The molecule has 0 bridgehead atoms. The predicted octanol–water partition coefficient (Wildman–Crippen LogP) is -0.879. The summed E-state index contributed by atoms with van der Waals surface area (Å²) in [5.74, 6) is -0.466. The van der Waals surface area contributed by atoms with Gasteiger partial charge < -0.3 is 20.1 Å². The molecule has 6 heteroatoms. The zero-order valence-electron chi connectivity index (χ0n) is 10.3. The van der Waals surface area contributed by atoms with Gasteiger partial charge in [0, 0.05) is 13.1 Å². The monoisotopic (exact) mass is 244 g/mol. The van der Waals surface area contributed by atoms with Crippen LogP contribution in [0.3, 0.4) is 0 Å². The molecule has 17 heavy (non-hydrogen) atoms. The molecule has 1 atom stereocenters. The Bertz CT molecular complexity index is 281. The molecule has 1 rings (SSSR count). The van der Waals surface area contributed by atoms with E-state index in [4.69, 9.17) is 4.74 Å².